The summed E-state index contributed by atoms with van der Waals surface area (Å²) in [5.74, 6) is 0.974. The molecule has 0 spiro atoms. The quantitative estimate of drug-likeness (QED) is 0.674. The number of amides is 1. The van der Waals surface area contributed by atoms with Crippen molar-refractivity contribution in [3.8, 4) is 11.3 Å². The number of nitrogens with one attached hydrogen (secondary N) is 1. The van der Waals surface area contributed by atoms with Crippen molar-refractivity contribution < 1.29 is 14.4 Å². The average molecular weight is 394 g/mol. The van der Waals surface area contributed by atoms with Gasteiger partial charge in [-0.25, -0.2) is 0 Å². The lowest BCUT2D eigenvalue weighted by Gasteiger charge is -2.21. The molecule has 1 fully saturated rings. The number of nitrogens with zero attached hydrogens (tertiary/aromatic N) is 2. The number of hydrogen-bond acceptors (Lipinski definition) is 5. The maximum Gasteiger partial charge on any atom is 0.239 e. The second-order valence-corrected chi connectivity index (χ2v) is 6.97. The van der Waals surface area contributed by atoms with Crippen molar-refractivity contribution in [1.29, 1.82) is 0 Å². The van der Waals surface area contributed by atoms with Crippen LogP contribution in [0, 0.1) is 0 Å². The minimum absolute atomic E-state index is 0. The normalized spacial score (nSPS) is 18.9. The van der Waals surface area contributed by atoms with E-state index in [-0.39, 0.29) is 24.4 Å². The number of halogens is 1. The van der Waals surface area contributed by atoms with E-state index in [0.717, 1.165) is 49.2 Å². The van der Waals surface area contributed by atoms with Crippen LogP contribution in [0.5, 0.6) is 0 Å². The van der Waals surface area contributed by atoms with Crippen LogP contribution in [0.1, 0.15) is 31.4 Å². The van der Waals surface area contributed by atoms with E-state index < -0.39 is 6.10 Å². The molecule has 1 aromatic carbocycles. The van der Waals surface area contributed by atoms with Gasteiger partial charge < -0.3 is 19.8 Å². The van der Waals surface area contributed by atoms with Gasteiger partial charge in [0, 0.05) is 38.2 Å². The monoisotopic (exact) mass is 393 g/mol. The SMILES string of the molecule is CN(CCCCCc1cc(-c2ccccc2)no1)C(=O)C1CC(O)CN1.Cl. The van der Waals surface area contributed by atoms with Gasteiger partial charge in [0.1, 0.15) is 11.5 Å². The highest BCUT2D eigenvalue weighted by molar-refractivity contribution is 5.85. The second kappa shape index (κ2) is 10.4. The fraction of sp³-hybridized carbons (Fsp3) is 0.500. The van der Waals surface area contributed by atoms with Crippen LogP contribution in [0.2, 0.25) is 0 Å². The third-order valence-electron chi connectivity index (χ3n) is 4.83. The Morgan fingerprint density at radius 3 is 2.78 bits per heavy atom. The van der Waals surface area contributed by atoms with Crippen molar-refractivity contribution >= 4 is 18.3 Å². The lowest BCUT2D eigenvalue weighted by molar-refractivity contribution is -0.132. The van der Waals surface area contributed by atoms with Gasteiger partial charge in [-0.2, -0.15) is 0 Å². The van der Waals surface area contributed by atoms with Crippen molar-refractivity contribution in [2.45, 2.75) is 44.2 Å². The van der Waals surface area contributed by atoms with E-state index in [1.807, 2.05) is 43.4 Å². The number of rotatable bonds is 8. The van der Waals surface area contributed by atoms with Crippen LogP contribution in [-0.4, -0.2) is 53.4 Å². The third-order valence-corrected chi connectivity index (χ3v) is 4.83. The van der Waals surface area contributed by atoms with E-state index in [1.54, 1.807) is 4.90 Å². The fourth-order valence-corrected chi connectivity index (χ4v) is 3.28. The molecule has 1 amide bonds. The number of β-amino-alcohol motifs (C(OH)–C–C–N with tert-alkyl or cyclic N) is 1. The van der Waals surface area contributed by atoms with Gasteiger partial charge in [-0.05, 0) is 19.3 Å². The van der Waals surface area contributed by atoms with E-state index in [0.29, 0.717) is 13.0 Å². The Hall–Kier alpha value is -1.89. The van der Waals surface area contributed by atoms with Crippen LogP contribution < -0.4 is 5.32 Å². The van der Waals surface area contributed by atoms with Crippen molar-refractivity contribution in [1.82, 2.24) is 15.4 Å². The zero-order valence-electron chi connectivity index (χ0n) is 15.6. The van der Waals surface area contributed by atoms with Gasteiger partial charge in [-0.15, -0.1) is 12.4 Å². The van der Waals surface area contributed by atoms with Crippen molar-refractivity contribution in [2.24, 2.45) is 0 Å². The first-order valence-corrected chi connectivity index (χ1v) is 9.31. The number of likely N-dealkylation sites (N-methyl/N-ethyl adjacent to an activating group) is 1. The van der Waals surface area contributed by atoms with Crippen molar-refractivity contribution in [3.63, 3.8) is 0 Å². The molecule has 7 heteroatoms. The third kappa shape index (κ3) is 6.06. The lowest BCUT2D eigenvalue weighted by Crippen LogP contribution is -2.41. The molecule has 0 radical (unpaired) electrons. The Morgan fingerprint density at radius 2 is 2.07 bits per heavy atom. The van der Waals surface area contributed by atoms with E-state index in [9.17, 15) is 9.90 Å². The molecule has 1 aliphatic heterocycles. The van der Waals surface area contributed by atoms with E-state index in [1.165, 1.54) is 0 Å². The molecule has 2 N–H and O–H groups in total. The molecule has 2 unspecified atom stereocenters. The molecule has 1 saturated heterocycles. The van der Waals surface area contributed by atoms with Gasteiger partial charge in [0.05, 0.1) is 12.1 Å². The summed E-state index contributed by atoms with van der Waals surface area (Å²) in [6.07, 6.45) is 3.95. The Kier molecular flexibility index (Phi) is 8.28. The first-order valence-electron chi connectivity index (χ1n) is 9.31. The van der Waals surface area contributed by atoms with Crippen LogP contribution in [-0.2, 0) is 11.2 Å². The topological polar surface area (TPSA) is 78.6 Å². The summed E-state index contributed by atoms with van der Waals surface area (Å²) in [5, 5.41) is 16.7. The molecule has 148 valence electrons. The van der Waals surface area contributed by atoms with Crippen molar-refractivity contribution in [2.75, 3.05) is 20.1 Å². The molecule has 2 heterocycles. The minimum atomic E-state index is -0.403. The standard InChI is InChI=1S/C20H27N3O3.ClH/c1-23(20(25)19-12-16(24)14-21-19)11-7-3-6-10-17-13-18(22-26-17)15-8-4-2-5-9-15;/h2,4-5,8-9,13,16,19,21,24H,3,6-7,10-12,14H2,1H3;1H. The average Bonchev–Trinajstić information content (AvgIpc) is 3.30. The Bertz CT molecular complexity index is 708. The molecule has 2 atom stereocenters. The number of carbonyl (C=O) groups is 1. The molecule has 27 heavy (non-hydrogen) atoms. The summed E-state index contributed by atoms with van der Waals surface area (Å²) < 4.78 is 5.42. The predicted molar refractivity (Wildman–Crippen MR) is 107 cm³/mol. The number of carbonyl (C=O) groups excluding carboxylic acids is 1. The Labute approximate surface area is 166 Å². The van der Waals surface area contributed by atoms with Crippen LogP contribution in [0.15, 0.2) is 40.9 Å². The first kappa shape index (κ1) is 21.4. The summed E-state index contributed by atoms with van der Waals surface area (Å²) in [6, 6.07) is 11.8. The minimum Gasteiger partial charge on any atom is -0.392 e. The van der Waals surface area contributed by atoms with E-state index in [2.05, 4.69) is 10.5 Å². The molecule has 6 nitrogen and oxygen atoms in total. The van der Waals surface area contributed by atoms with E-state index >= 15 is 0 Å². The summed E-state index contributed by atoms with van der Waals surface area (Å²) in [7, 11) is 1.83. The number of aliphatic hydroxyl groups is 1. The van der Waals surface area contributed by atoms with Crippen LogP contribution in [0.25, 0.3) is 11.3 Å². The zero-order chi connectivity index (χ0) is 18.4. The second-order valence-electron chi connectivity index (χ2n) is 6.97. The first-order chi connectivity index (χ1) is 12.6. The van der Waals surface area contributed by atoms with E-state index in [4.69, 9.17) is 4.52 Å². The largest absolute Gasteiger partial charge is 0.392 e. The highest BCUT2D eigenvalue weighted by atomic mass is 35.5. The lowest BCUT2D eigenvalue weighted by atomic mass is 10.1. The zero-order valence-corrected chi connectivity index (χ0v) is 16.5. The molecule has 0 aliphatic carbocycles. The highest BCUT2D eigenvalue weighted by Gasteiger charge is 2.29. The summed E-state index contributed by atoms with van der Waals surface area (Å²) in [6.45, 7) is 1.24. The number of aromatic nitrogens is 1. The maximum absolute atomic E-state index is 12.2. The van der Waals surface area contributed by atoms with Gasteiger partial charge in [0.15, 0.2) is 0 Å². The molecular weight excluding hydrogens is 366 g/mol. The number of benzene rings is 1. The predicted octanol–water partition coefficient (Wildman–Crippen LogP) is 2.66. The maximum atomic E-state index is 12.2. The number of hydrogen-bond donors (Lipinski definition) is 2. The molecule has 3 rings (SSSR count). The van der Waals surface area contributed by atoms with Gasteiger partial charge in [-0.3, -0.25) is 4.79 Å². The van der Waals surface area contributed by atoms with Gasteiger partial charge >= 0.3 is 0 Å². The van der Waals surface area contributed by atoms with Gasteiger partial charge in [-0.1, -0.05) is 41.9 Å². The van der Waals surface area contributed by atoms with Crippen LogP contribution in [0.3, 0.4) is 0 Å². The van der Waals surface area contributed by atoms with Gasteiger partial charge in [0.25, 0.3) is 0 Å². The number of unbranched alkanes of at least 4 members (excludes halogenated alkanes) is 2. The molecule has 0 saturated carbocycles. The van der Waals surface area contributed by atoms with Crippen LogP contribution in [0.4, 0.5) is 0 Å². The van der Waals surface area contributed by atoms with Crippen LogP contribution >= 0.6 is 12.4 Å². The number of aliphatic hydroxyl groups excluding tert-OH is 1. The highest BCUT2D eigenvalue weighted by Crippen LogP contribution is 2.19. The molecule has 1 aromatic heterocycles. The Morgan fingerprint density at radius 1 is 1.30 bits per heavy atom. The molecular formula is C20H28ClN3O3. The molecule has 2 aromatic rings. The van der Waals surface area contributed by atoms with Crippen molar-refractivity contribution in [3.05, 3.63) is 42.2 Å². The summed E-state index contributed by atoms with van der Waals surface area (Å²) in [5.41, 5.74) is 1.94. The number of aryl methyl sites for hydroxylation is 1. The molecule has 1 aliphatic rings. The molecule has 0 bridgehead atoms. The smallest absolute Gasteiger partial charge is 0.239 e. The summed E-state index contributed by atoms with van der Waals surface area (Å²) in [4.78, 5) is 14.0. The fourth-order valence-electron chi connectivity index (χ4n) is 3.28. The summed E-state index contributed by atoms with van der Waals surface area (Å²) >= 11 is 0. The Balaban J connectivity index is 0.00000261. The van der Waals surface area contributed by atoms with Gasteiger partial charge in [0.2, 0.25) is 5.91 Å².